The second kappa shape index (κ2) is 7.88. The molecule has 1 N–H and O–H groups in total. The topological polar surface area (TPSA) is 82.8 Å². The number of pyridine rings is 1. The van der Waals surface area contributed by atoms with Crippen molar-refractivity contribution in [3.63, 3.8) is 0 Å². The van der Waals surface area contributed by atoms with Gasteiger partial charge in [0.1, 0.15) is 0 Å². The van der Waals surface area contributed by atoms with E-state index in [1.54, 1.807) is 14.4 Å². The van der Waals surface area contributed by atoms with Crippen molar-refractivity contribution >= 4 is 11.8 Å². The Kier molecular flexibility index (Phi) is 5.53. The highest BCUT2D eigenvalue weighted by atomic mass is 16.3. The SMILES string of the molecule is CC(=O)N(Cc1ccccc1)Cc1cc(=O)c(O)c2n1CCN(C(C)C)C2=O. The van der Waals surface area contributed by atoms with Crippen LogP contribution in [0.1, 0.15) is 42.5 Å². The van der Waals surface area contributed by atoms with Crippen molar-refractivity contribution in [3.05, 3.63) is 63.6 Å². The summed E-state index contributed by atoms with van der Waals surface area (Å²) in [5.41, 5.74) is 0.912. The molecule has 7 heteroatoms. The molecule has 0 bridgehead atoms. The Balaban J connectivity index is 1.98. The maximum atomic E-state index is 12.8. The molecule has 2 amide bonds. The highest BCUT2D eigenvalue weighted by Crippen LogP contribution is 2.23. The molecule has 0 spiro atoms. The van der Waals surface area contributed by atoms with Crippen LogP contribution in [0, 0.1) is 0 Å². The van der Waals surface area contributed by atoms with Crippen LogP contribution in [0.25, 0.3) is 0 Å². The summed E-state index contributed by atoms with van der Waals surface area (Å²) in [5.74, 6) is -1.03. The Morgan fingerprint density at radius 1 is 1.14 bits per heavy atom. The minimum absolute atomic E-state index is 0.00524. The molecule has 0 fully saturated rings. The van der Waals surface area contributed by atoms with Gasteiger partial charge in [-0.1, -0.05) is 30.3 Å². The van der Waals surface area contributed by atoms with Crippen LogP contribution in [-0.4, -0.2) is 43.9 Å². The fourth-order valence-electron chi connectivity index (χ4n) is 3.50. The van der Waals surface area contributed by atoms with E-state index in [9.17, 15) is 19.5 Å². The minimum atomic E-state index is -0.608. The van der Waals surface area contributed by atoms with E-state index in [0.29, 0.717) is 25.3 Å². The van der Waals surface area contributed by atoms with Gasteiger partial charge >= 0.3 is 0 Å². The van der Waals surface area contributed by atoms with Gasteiger partial charge in [0.25, 0.3) is 5.91 Å². The predicted octanol–water partition coefficient (Wildman–Crippen LogP) is 1.97. The molecule has 0 radical (unpaired) electrons. The summed E-state index contributed by atoms with van der Waals surface area (Å²) in [4.78, 5) is 40.6. The summed E-state index contributed by atoms with van der Waals surface area (Å²) >= 11 is 0. The lowest BCUT2D eigenvalue weighted by Crippen LogP contribution is -2.46. The molecule has 0 saturated heterocycles. The highest BCUT2D eigenvalue weighted by Gasteiger charge is 2.31. The highest BCUT2D eigenvalue weighted by molar-refractivity contribution is 5.96. The molecule has 148 valence electrons. The number of aromatic hydroxyl groups is 1. The second-order valence-corrected chi connectivity index (χ2v) is 7.30. The molecule has 3 rings (SSSR count). The molecule has 0 atom stereocenters. The van der Waals surface area contributed by atoms with Gasteiger partial charge in [0.2, 0.25) is 11.3 Å². The first-order chi connectivity index (χ1) is 13.3. The monoisotopic (exact) mass is 383 g/mol. The normalized spacial score (nSPS) is 13.6. The summed E-state index contributed by atoms with van der Waals surface area (Å²) in [6, 6.07) is 10.9. The van der Waals surface area contributed by atoms with E-state index in [4.69, 9.17) is 0 Å². The summed E-state index contributed by atoms with van der Waals surface area (Å²) in [7, 11) is 0. The standard InChI is InChI=1S/C21H25N3O4/c1-14(2)23-9-10-24-17(11-18(26)20(27)19(24)21(23)28)13-22(15(3)25)12-16-7-5-4-6-8-16/h4-8,11,14,27H,9-10,12-13H2,1-3H3. The first kappa shape index (κ1) is 19.7. The van der Waals surface area contributed by atoms with Gasteiger partial charge in [-0.15, -0.1) is 0 Å². The average Bonchev–Trinajstić information content (AvgIpc) is 2.65. The number of hydrogen-bond donors (Lipinski definition) is 1. The first-order valence-corrected chi connectivity index (χ1v) is 9.35. The Bertz CT molecular complexity index is 950. The predicted molar refractivity (Wildman–Crippen MR) is 105 cm³/mol. The molecular formula is C21H25N3O4. The van der Waals surface area contributed by atoms with Crippen LogP contribution in [0.5, 0.6) is 5.75 Å². The second-order valence-electron chi connectivity index (χ2n) is 7.30. The number of hydrogen-bond acceptors (Lipinski definition) is 4. The van der Waals surface area contributed by atoms with Gasteiger partial charge in [-0.2, -0.15) is 0 Å². The number of carbonyl (C=O) groups is 2. The van der Waals surface area contributed by atoms with E-state index in [2.05, 4.69) is 0 Å². The molecule has 1 aromatic heterocycles. The minimum Gasteiger partial charge on any atom is -0.503 e. The summed E-state index contributed by atoms with van der Waals surface area (Å²) in [6.07, 6.45) is 0. The van der Waals surface area contributed by atoms with E-state index < -0.39 is 11.2 Å². The van der Waals surface area contributed by atoms with E-state index >= 15 is 0 Å². The molecule has 1 aliphatic heterocycles. The van der Waals surface area contributed by atoms with Crippen LogP contribution in [0.15, 0.2) is 41.2 Å². The van der Waals surface area contributed by atoms with Gasteiger partial charge in [-0.3, -0.25) is 14.4 Å². The van der Waals surface area contributed by atoms with Crippen LogP contribution in [0.2, 0.25) is 0 Å². The zero-order valence-corrected chi connectivity index (χ0v) is 16.4. The lowest BCUT2D eigenvalue weighted by Gasteiger charge is -2.35. The van der Waals surface area contributed by atoms with Crippen LogP contribution in [0.4, 0.5) is 0 Å². The van der Waals surface area contributed by atoms with E-state index in [-0.39, 0.29) is 30.1 Å². The number of amides is 2. The van der Waals surface area contributed by atoms with Gasteiger partial charge in [0.05, 0.1) is 6.54 Å². The Morgan fingerprint density at radius 2 is 1.82 bits per heavy atom. The summed E-state index contributed by atoms with van der Waals surface area (Å²) in [6.45, 7) is 6.78. The number of benzene rings is 1. The fraction of sp³-hybridized carbons (Fsp3) is 0.381. The summed E-state index contributed by atoms with van der Waals surface area (Å²) < 4.78 is 1.67. The van der Waals surface area contributed by atoms with Crippen molar-refractivity contribution in [1.82, 2.24) is 14.4 Å². The third-order valence-electron chi connectivity index (χ3n) is 5.04. The number of nitrogens with zero attached hydrogens (tertiary/aromatic N) is 3. The molecule has 28 heavy (non-hydrogen) atoms. The molecule has 0 aliphatic carbocycles. The summed E-state index contributed by atoms with van der Waals surface area (Å²) in [5, 5.41) is 10.3. The number of carbonyl (C=O) groups excluding carboxylic acids is 2. The van der Waals surface area contributed by atoms with E-state index in [1.165, 1.54) is 13.0 Å². The van der Waals surface area contributed by atoms with Gasteiger partial charge in [-0.05, 0) is 19.4 Å². The molecular weight excluding hydrogens is 358 g/mol. The van der Waals surface area contributed by atoms with Crippen LogP contribution in [-0.2, 0) is 24.4 Å². The van der Waals surface area contributed by atoms with Crippen LogP contribution in [0.3, 0.4) is 0 Å². The Labute approximate surface area is 163 Å². The molecule has 0 saturated carbocycles. The van der Waals surface area contributed by atoms with Crippen molar-refractivity contribution in [2.75, 3.05) is 6.54 Å². The molecule has 2 aromatic rings. The Hall–Kier alpha value is -3.09. The molecule has 0 unspecified atom stereocenters. The van der Waals surface area contributed by atoms with Gasteiger partial charge in [0.15, 0.2) is 11.4 Å². The molecule has 1 aliphatic rings. The third-order valence-corrected chi connectivity index (χ3v) is 5.04. The zero-order chi connectivity index (χ0) is 20.4. The van der Waals surface area contributed by atoms with Crippen molar-refractivity contribution in [3.8, 4) is 5.75 Å². The average molecular weight is 383 g/mol. The van der Waals surface area contributed by atoms with Crippen molar-refractivity contribution in [2.45, 2.75) is 46.4 Å². The quantitative estimate of drug-likeness (QED) is 0.856. The number of rotatable bonds is 5. The smallest absolute Gasteiger partial charge is 0.274 e. The lowest BCUT2D eigenvalue weighted by molar-refractivity contribution is -0.130. The van der Waals surface area contributed by atoms with Crippen molar-refractivity contribution < 1.29 is 14.7 Å². The lowest BCUT2D eigenvalue weighted by atomic mass is 10.1. The fourth-order valence-corrected chi connectivity index (χ4v) is 3.50. The van der Waals surface area contributed by atoms with Crippen LogP contribution >= 0.6 is 0 Å². The maximum absolute atomic E-state index is 12.8. The Morgan fingerprint density at radius 3 is 2.43 bits per heavy atom. The molecule has 7 nitrogen and oxygen atoms in total. The maximum Gasteiger partial charge on any atom is 0.274 e. The zero-order valence-electron chi connectivity index (χ0n) is 16.4. The third kappa shape index (κ3) is 3.78. The van der Waals surface area contributed by atoms with E-state index in [1.807, 2.05) is 44.2 Å². The van der Waals surface area contributed by atoms with Crippen LogP contribution < -0.4 is 5.43 Å². The largest absolute Gasteiger partial charge is 0.503 e. The molecule has 1 aromatic carbocycles. The van der Waals surface area contributed by atoms with Gasteiger partial charge in [0, 0.05) is 44.4 Å². The number of aromatic nitrogens is 1. The number of fused-ring (bicyclic) bond motifs is 1. The van der Waals surface area contributed by atoms with E-state index in [0.717, 1.165) is 5.56 Å². The van der Waals surface area contributed by atoms with Gasteiger partial charge in [-0.25, -0.2) is 0 Å². The first-order valence-electron chi connectivity index (χ1n) is 9.35. The van der Waals surface area contributed by atoms with Crippen molar-refractivity contribution in [2.24, 2.45) is 0 Å². The van der Waals surface area contributed by atoms with Gasteiger partial charge < -0.3 is 19.5 Å². The van der Waals surface area contributed by atoms with Crippen molar-refractivity contribution in [1.29, 1.82) is 0 Å². The molecule has 2 heterocycles.